The van der Waals surface area contributed by atoms with Crippen LogP contribution in [0, 0.1) is 23.2 Å². The lowest BCUT2D eigenvalue weighted by molar-refractivity contribution is -0.141. The number of carbonyl (C=O) groups excluding carboxylic acids is 1. The molecule has 24 heavy (non-hydrogen) atoms. The van der Waals surface area contributed by atoms with Gasteiger partial charge >= 0.3 is 0 Å². The van der Waals surface area contributed by atoms with Crippen LogP contribution in [0.25, 0.3) is 0 Å². The van der Waals surface area contributed by atoms with Gasteiger partial charge in [0.15, 0.2) is 8.68 Å². The molecule has 0 radical (unpaired) electrons. The van der Waals surface area contributed by atoms with Crippen LogP contribution in [0.1, 0.15) is 58.3 Å². The molecule has 4 aliphatic rings. The molecule has 1 aromatic heterocycles. The van der Waals surface area contributed by atoms with E-state index in [1.807, 2.05) is 0 Å². The van der Waals surface area contributed by atoms with E-state index in [2.05, 4.69) is 17.1 Å². The lowest BCUT2D eigenvalue weighted by Crippen LogP contribution is -2.50. The van der Waals surface area contributed by atoms with E-state index in [0.717, 1.165) is 32.2 Å². The predicted molar refractivity (Wildman–Crippen MR) is 102 cm³/mol. The molecule has 0 unspecified atom stereocenters. The number of thioether (sulfide) groups is 2. The van der Waals surface area contributed by atoms with Gasteiger partial charge in [-0.3, -0.25) is 4.79 Å². The highest BCUT2D eigenvalue weighted by Crippen LogP contribution is 2.60. The highest BCUT2D eigenvalue weighted by atomic mass is 32.2. The molecule has 0 saturated heterocycles. The maximum Gasteiger partial charge on any atom is 0.175 e. The molecular weight excluding hydrogens is 356 g/mol. The molecule has 0 amide bonds. The number of carbonyl (C=O) groups is 1. The van der Waals surface area contributed by atoms with Gasteiger partial charge in [0.1, 0.15) is 5.78 Å². The third kappa shape index (κ3) is 3.56. The average Bonchev–Trinajstić information content (AvgIpc) is 2.99. The summed E-state index contributed by atoms with van der Waals surface area (Å²) in [6.07, 6.45) is 10.1. The number of nitrogens with zero attached hydrogens (tertiary/aromatic N) is 2. The highest BCUT2D eigenvalue weighted by molar-refractivity contribution is 8.03. The van der Waals surface area contributed by atoms with Crippen molar-refractivity contribution >= 4 is 40.6 Å². The van der Waals surface area contributed by atoms with Crippen LogP contribution in [0.5, 0.6) is 0 Å². The fourth-order valence-electron chi connectivity index (χ4n) is 5.35. The second-order valence-corrected chi connectivity index (χ2v) is 11.5. The minimum Gasteiger partial charge on any atom is -0.298 e. The summed E-state index contributed by atoms with van der Waals surface area (Å²) in [5.74, 6) is 4.74. The molecule has 5 rings (SSSR count). The van der Waals surface area contributed by atoms with Crippen molar-refractivity contribution in [2.24, 2.45) is 23.2 Å². The zero-order chi connectivity index (χ0) is 16.6. The van der Waals surface area contributed by atoms with Gasteiger partial charge in [-0.05, 0) is 62.7 Å². The van der Waals surface area contributed by atoms with E-state index >= 15 is 0 Å². The van der Waals surface area contributed by atoms with E-state index in [4.69, 9.17) is 0 Å². The van der Waals surface area contributed by atoms with Crippen LogP contribution in [0.3, 0.4) is 0 Å². The van der Waals surface area contributed by atoms with E-state index < -0.39 is 0 Å². The number of ketones is 1. The Morgan fingerprint density at radius 1 is 1.08 bits per heavy atom. The van der Waals surface area contributed by atoms with E-state index in [1.165, 1.54) is 51.4 Å². The van der Waals surface area contributed by atoms with E-state index in [9.17, 15) is 4.79 Å². The lowest BCUT2D eigenvalue weighted by Gasteiger charge is -2.56. The predicted octanol–water partition coefficient (Wildman–Crippen LogP) is 5.31. The van der Waals surface area contributed by atoms with Crippen molar-refractivity contribution in [2.45, 2.75) is 67.0 Å². The standard InChI is InChI=1S/C18H26N2OS3/c1-2-3-4-22-16-19-20-17(24-16)23-11-15(21)18-8-12-5-13(9-18)7-14(6-12)10-18/h12-14H,2-11H2,1H3. The van der Waals surface area contributed by atoms with Crippen molar-refractivity contribution in [1.29, 1.82) is 0 Å². The van der Waals surface area contributed by atoms with Gasteiger partial charge in [-0.25, -0.2) is 0 Å². The van der Waals surface area contributed by atoms with Gasteiger partial charge in [0.25, 0.3) is 0 Å². The van der Waals surface area contributed by atoms with Gasteiger partial charge < -0.3 is 0 Å². The van der Waals surface area contributed by atoms with Crippen LogP contribution in [-0.2, 0) is 4.79 Å². The summed E-state index contributed by atoms with van der Waals surface area (Å²) in [4.78, 5) is 13.0. The molecular formula is C18H26N2OS3. The number of hydrogen-bond donors (Lipinski definition) is 0. The van der Waals surface area contributed by atoms with Crippen molar-refractivity contribution in [2.75, 3.05) is 11.5 Å². The molecule has 1 aromatic rings. The smallest absolute Gasteiger partial charge is 0.175 e. The summed E-state index contributed by atoms with van der Waals surface area (Å²) in [6, 6.07) is 0. The van der Waals surface area contributed by atoms with Gasteiger partial charge in [0.2, 0.25) is 0 Å². The number of hydrogen-bond acceptors (Lipinski definition) is 6. The average molecular weight is 383 g/mol. The summed E-state index contributed by atoms with van der Waals surface area (Å²) in [5, 5.41) is 8.53. The number of unbranched alkanes of at least 4 members (excludes halogenated alkanes) is 1. The fourth-order valence-corrected chi connectivity index (χ4v) is 8.56. The van der Waals surface area contributed by atoms with Crippen molar-refractivity contribution < 1.29 is 4.79 Å². The van der Waals surface area contributed by atoms with Gasteiger partial charge in [0, 0.05) is 11.2 Å². The molecule has 0 N–H and O–H groups in total. The Bertz CT molecular complexity index is 566. The molecule has 1 heterocycles. The number of rotatable bonds is 8. The summed E-state index contributed by atoms with van der Waals surface area (Å²) in [5.41, 5.74) is 0.0329. The number of Topliss-reactive ketones (excluding diaryl/α,β-unsaturated/α-hetero) is 1. The highest BCUT2D eigenvalue weighted by Gasteiger charge is 2.54. The van der Waals surface area contributed by atoms with Gasteiger partial charge in [-0.15, -0.1) is 10.2 Å². The first-order valence-electron chi connectivity index (χ1n) is 9.29. The monoisotopic (exact) mass is 382 g/mol. The Balaban J connectivity index is 1.32. The summed E-state index contributed by atoms with van der Waals surface area (Å²) in [6.45, 7) is 2.21. The van der Waals surface area contributed by atoms with Crippen LogP contribution in [0.4, 0.5) is 0 Å². The Kier molecular flexibility index (Phi) is 5.26. The SMILES string of the molecule is CCCCSc1nnc(SCC(=O)C23CC4CC(CC(C4)C2)C3)s1. The lowest BCUT2D eigenvalue weighted by atomic mass is 9.48. The molecule has 4 saturated carbocycles. The van der Waals surface area contributed by atoms with Crippen molar-refractivity contribution in [3.05, 3.63) is 0 Å². The van der Waals surface area contributed by atoms with Crippen LogP contribution >= 0.6 is 34.9 Å². The Morgan fingerprint density at radius 3 is 2.25 bits per heavy atom. The second kappa shape index (κ2) is 7.28. The zero-order valence-electron chi connectivity index (χ0n) is 14.3. The molecule has 0 atom stereocenters. The first-order chi connectivity index (χ1) is 11.7. The Hall–Kier alpha value is -0.0700. The molecule has 3 nitrogen and oxygen atoms in total. The minimum atomic E-state index is 0.0329. The molecule has 4 bridgehead atoms. The minimum absolute atomic E-state index is 0.0329. The second-order valence-electron chi connectivity index (χ2n) is 7.95. The summed E-state index contributed by atoms with van der Waals surface area (Å²) in [7, 11) is 0. The maximum absolute atomic E-state index is 13.0. The largest absolute Gasteiger partial charge is 0.298 e. The first kappa shape index (κ1) is 17.3. The van der Waals surface area contributed by atoms with Gasteiger partial charge in [-0.2, -0.15) is 0 Å². The van der Waals surface area contributed by atoms with Crippen LogP contribution in [0.15, 0.2) is 8.68 Å². The number of aromatic nitrogens is 2. The van der Waals surface area contributed by atoms with Gasteiger partial charge in [-0.1, -0.05) is 48.2 Å². The van der Waals surface area contributed by atoms with Crippen molar-refractivity contribution in [3.8, 4) is 0 Å². The molecule has 0 aliphatic heterocycles. The van der Waals surface area contributed by atoms with Crippen LogP contribution < -0.4 is 0 Å². The van der Waals surface area contributed by atoms with E-state index in [1.54, 1.807) is 34.9 Å². The zero-order valence-corrected chi connectivity index (χ0v) is 16.8. The molecule has 0 aromatic carbocycles. The molecule has 4 aliphatic carbocycles. The normalized spacial score (nSPS) is 34.0. The first-order valence-corrected chi connectivity index (χ1v) is 12.1. The Morgan fingerprint density at radius 2 is 1.67 bits per heavy atom. The van der Waals surface area contributed by atoms with Crippen LogP contribution in [-0.4, -0.2) is 27.5 Å². The molecule has 132 valence electrons. The van der Waals surface area contributed by atoms with Gasteiger partial charge in [0.05, 0.1) is 5.75 Å². The third-order valence-electron chi connectivity index (χ3n) is 6.07. The van der Waals surface area contributed by atoms with E-state index in [-0.39, 0.29) is 5.41 Å². The van der Waals surface area contributed by atoms with Crippen LogP contribution in [0.2, 0.25) is 0 Å². The quantitative estimate of drug-likeness (QED) is 0.450. The summed E-state index contributed by atoms with van der Waals surface area (Å²) >= 11 is 5.07. The fraction of sp³-hybridized carbons (Fsp3) is 0.833. The Labute approximate surface area is 157 Å². The summed E-state index contributed by atoms with van der Waals surface area (Å²) < 4.78 is 2.01. The van der Waals surface area contributed by atoms with Crippen molar-refractivity contribution in [3.63, 3.8) is 0 Å². The third-order valence-corrected chi connectivity index (χ3v) is 9.34. The van der Waals surface area contributed by atoms with Crippen molar-refractivity contribution in [1.82, 2.24) is 10.2 Å². The molecule has 0 spiro atoms. The van der Waals surface area contributed by atoms with E-state index in [0.29, 0.717) is 11.5 Å². The topological polar surface area (TPSA) is 42.9 Å². The maximum atomic E-state index is 13.0. The molecule has 4 fully saturated rings. The molecule has 6 heteroatoms.